The number of hydrogen-bond donors (Lipinski definition) is 5. The van der Waals surface area contributed by atoms with E-state index >= 15 is 0 Å². The maximum atomic E-state index is 11.6. The first-order valence-electron chi connectivity index (χ1n) is 8.06. The summed E-state index contributed by atoms with van der Waals surface area (Å²) in [6, 6.07) is 5.32. The van der Waals surface area contributed by atoms with Crippen molar-refractivity contribution in [2.45, 2.75) is 37.1 Å². The molecule has 0 unspecified atom stereocenters. The molecule has 0 bridgehead atoms. The molecule has 3 rings (SSSR count). The Balaban J connectivity index is 1.89. The molecule has 27 heavy (non-hydrogen) atoms. The number of carboxylic acids is 1. The molecule has 1 saturated heterocycles. The Morgan fingerprint density at radius 3 is 2.52 bits per heavy atom. The van der Waals surface area contributed by atoms with Crippen molar-refractivity contribution < 1.29 is 44.2 Å². The normalized spacial score (nSPS) is 28.2. The molecule has 0 radical (unpaired) electrons. The molecule has 10 heteroatoms. The molecule has 0 spiro atoms. The molecule has 2 heterocycles. The molecule has 5 N–H and O–H groups in total. The molecule has 0 aliphatic carbocycles. The number of fused-ring (bicyclic) bond motifs is 1. The molecule has 1 fully saturated rings. The third kappa shape index (κ3) is 3.94. The first-order valence-corrected chi connectivity index (χ1v) is 8.06. The second kappa shape index (κ2) is 7.62. The monoisotopic (exact) mass is 382 g/mol. The first kappa shape index (κ1) is 19.3. The Bertz CT molecular complexity index is 889. The van der Waals surface area contributed by atoms with Crippen LogP contribution in [0.25, 0.3) is 11.0 Å². The number of carboxylic acid groups (broad SMARTS) is 1. The van der Waals surface area contributed by atoms with Gasteiger partial charge < -0.3 is 39.4 Å². The van der Waals surface area contributed by atoms with Crippen LogP contribution in [0.5, 0.6) is 5.75 Å². The minimum absolute atomic E-state index is 0.0702. The lowest BCUT2D eigenvalue weighted by Gasteiger charge is -2.39. The molecule has 1 aromatic heterocycles. The third-order valence-electron chi connectivity index (χ3n) is 4.24. The second-order valence-corrected chi connectivity index (χ2v) is 6.13. The minimum atomic E-state index is -1.60. The van der Waals surface area contributed by atoms with Crippen molar-refractivity contribution in [1.82, 2.24) is 0 Å². The van der Waals surface area contributed by atoms with E-state index in [9.17, 15) is 30.0 Å². The molecule has 0 saturated carbocycles. The zero-order valence-electron chi connectivity index (χ0n) is 13.9. The van der Waals surface area contributed by atoms with Gasteiger partial charge in [-0.05, 0) is 17.7 Å². The van der Waals surface area contributed by atoms with Gasteiger partial charge in [0.1, 0.15) is 35.7 Å². The highest BCUT2D eigenvalue weighted by Gasteiger charge is 2.44. The Hall–Kier alpha value is -2.50. The molecule has 1 aliphatic heterocycles. The number of benzene rings is 1. The minimum Gasteiger partial charge on any atom is -0.481 e. The SMILES string of the molecule is O=C(O)Cc1cc(=O)oc2cc(O[C@@H]3O[C@H](CO)[C@@H](O)[C@H](O)[C@H]3O)ccc12. The Morgan fingerprint density at radius 2 is 1.85 bits per heavy atom. The van der Waals surface area contributed by atoms with Crippen LogP contribution in [0.1, 0.15) is 5.56 Å². The highest BCUT2D eigenvalue weighted by atomic mass is 16.7. The highest BCUT2D eigenvalue weighted by molar-refractivity contribution is 5.85. The van der Waals surface area contributed by atoms with Gasteiger partial charge in [0, 0.05) is 17.5 Å². The third-order valence-corrected chi connectivity index (χ3v) is 4.24. The summed E-state index contributed by atoms with van der Waals surface area (Å²) < 4.78 is 15.8. The van der Waals surface area contributed by atoms with Crippen molar-refractivity contribution in [1.29, 1.82) is 0 Å². The van der Waals surface area contributed by atoms with Gasteiger partial charge in [-0.1, -0.05) is 0 Å². The Morgan fingerprint density at radius 1 is 1.11 bits per heavy atom. The van der Waals surface area contributed by atoms with Crippen molar-refractivity contribution in [3.05, 3.63) is 40.2 Å². The number of aliphatic carboxylic acids is 1. The van der Waals surface area contributed by atoms with Crippen LogP contribution in [0.4, 0.5) is 0 Å². The molecular formula is C17H18O10. The summed E-state index contributed by atoms with van der Waals surface area (Å²) in [5.74, 6) is -1.01. The van der Waals surface area contributed by atoms with Gasteiger partial charge in [0.2, 0.25) is 6.29 Å². The van der Waals surface area contributed by atoms with Gasteiger partial charge in [-0.2, -0.15) is 0 Å². The van der Waals surface area contributed by atoms with Crippen molar-refractivity contribution in [2.24, 2.45) is 0 Å². The lowest BCUT2D eigenvalue weighted by Crippen LogP contribution is -2.60. The summed E-state index contributed by atoms with van der Waals surface area (Å²) in [5.41, 5.74) is -0.391. The second-order valence-electron chi connectivity index (χ2n) is 6.13. The quantitative estimate of drug-likeness (QED) is 0.388. The number of hydrogen-bond acceptors (Lipinski definition) is 9. The number of aliphatic hydroxyl groups is 4. The fourth-order valence-corrected chi connectivity index (χ4v) is 2.89. The Kier molecular flexibility index (Phi) is 5.44. The molecular weight excluding hydrogens is 364 g/mol. The summed E-state index contributed by atoms with van der Waals surface area (Å²) in [6.45, 7) is -0.601. The molecule has 146 valence electrons. The fraction of sp³-hybridized carbons (Fsp3) is 0.412. The molecule has 0 amide bonds. The van der Waals surface area contributed by atoms with Crippen molar-refractivity contribution in [3.63, 3.8) is 0 Å². The van der Waals surface area contributed by atoms with Gasteiger partial charge in [0.05, 0.1) is 13.0 Å². The summed E-state index contributed by atoms with van der Waals surface area (Å²) >= 11 is 0. The van der Waals surface area contributed by atoms with Crippen molar-refractivity contribution in [2.75, 3.05) is 6.61 Å². The number of ether oxygens (including phenoxy) is 2. The maximum Gasteiger partial charge on any atom is 0.336 e. The van der Waals surface area contributed by atoms with Crippen LogP contribution in [0.15, 0.2) is 33.5 Å². The highest BCUT2D eigenvalue weighted by Crippen LogP contribution is 2.27. The molecule has 1 aromatic carbocycles. The maximum absolute atomic E-state index is 11.6. The van der Waals surface area contributed by atoms with E-state index < -0.39 is 48.9 Å². The van der Waals surface area contributed by atoms with Gasteiger partial charge in [0.25, 0.3) is 0 Å². The van der Waals surface area contributed by atoms with Gasteiger partial charge in [-0.15, -0.1) is 0 Å². The predicted octanol–water partition coefficient (Wildman–Crippen LogP) is -1.40. The smallest absolute Gasteiger partial charge is 0.336 e. The van der Waals surface area contributed by atoms with Crippen LogP contribution < -0.4 is 10.4 Å². The van der Waals surface area contributed by atoms with Crippen LogP contribution in [-0.2, 0) is 16.0 Å². The summed E-state index contributed by atoms with van der Waals surface area (Å²) in [6.07, 6.45) is -7.60. The zero-order chi connectivity index (χ0) is 19.7. The van der Waals surface area contributed by atoms with Crippen LogP contribution in [-0.4, -0.2) is 68.8 Å². The van der Waals surface area contributed by atoms with Crippen LogP contribution in [0.2, 0.25) is 0 Å². The number of carbonyl (C=O) groups is 1. The topological polar surface area (TPSA) is 167 Å². The molecule has 2 aromatic rings. The number of rotatable bonds is 5. The van der Waals surface area contributed by atoms with E-state index in [1.165, 1.54) is 18.2 Å². The van der Waals surface area contributed by atoms with E-state index in [0.717, 1.165) is 6.07 Å². The van der Waals surface area contributed by atoms with Crippen molar-refractivity contribution >= 4 is 16.9 Å². The molecule has 5 atom stereocenters. The van der Waals surface area contributed by atoms with Gasteiger partial charge >= 0.3 is 11.6 Å². The number of aliphatic hydroxyl groups excluding tert-OH is 4. The van der Waals surface area contributed by atoms with Gasteiger partial charge in [-0.3, -0.25) is 4.79 Å². The summed E-state index contributed by atoms with van der Waals surface area (Å²) in [5, 5.41) is 48.1. The van der Waals surface area contributed by atoms with Gasteiger partial charge in [0.15, 0.2) is 0 Å². The average molecular weight is 382 g/mol. The lowest BCUT2D eigenvalue weighted by atomic mass is 9.99. The lowest BCUT2D eigenvalue weighted by molar-refractivity contribution is -0.277. The predicted molar refractivity (Wildman–Crippen MR) is 88.2 cm³/mol. The zero-order valence-corrected chi connectivity index (χ0v) is 13.9. The fourth-order valence-electron chi connectivity index (χ4n) is 2.89. The Labute approximate surface area is 151 Å². The largest absolute Gasteiger partial charge is 0.481 e. The standard InChI is InChI=1S/C17H18O10/c18-6-11-14(22)15(23)16(24)17(27-11)25-8-1-2-9-7(3-12(19)20)4-13(21)26-10(9)5-8/h1-2,4-5,11,14-18,22-24H,3,6H2,(H,19,20)/t11-,14-,15+,16-,17-/m1/s1. The van der Waals surface area contributed by atoms with Crippen LogP contribution in [0.3, 0.4) is 0 Å². The summed E-state index contributed by atoms with van der Waals surface area (Å²) in [4.78, 5) is 22.6. The van der Waals surface area contributed by atoms with Gasteiger partial charge in [-0.25, -0.2) is 4.79 Å². The van der Waals surface area contributed by atoms with E-state index in [1.54, 1.807) is 0 Å². The average Bonchev–Trinajstić information content (AvgIpc) is 2.61. The van der Waals surface area contributed by atoms with Crippen molar-refractivity contribution in [3.8, 4) is 5.75 Å². The summed E-state index contributed by atoms with van der Waals surface area (Å²) in [7, 11) is 0. The van der Waals surface area contributed by atoms with E-state index in [4.69, 9.17) is 19.0 Å². The first-order chi connectivity index (χ1) is 12.8. The molecule has 1 aliphatic rings. The van der Waals surface area contributed by atoms with E-state index in [0.29, 0.717) is 5.39 Å². The van der Waals surface area contributed by atoms with Crippen LogP contribution >= 0.6 is 0 Å². The van der Waals surface area contributed by atoms with E-state index in [-0.39, 0.29) is 23.3 Å². The molecule has 10 nitrogen and oxygen atoms in total. The van der Waals surface area contributed by atoms with Crippen LogP contribution in [0, 0.1) is 0 Å². The van der Waals surface area contributed by atoms with E-state index in [2.05, 4.69) is 0 Å². The van der Waals surface area contributed by atoms with E-state index in [1.807, 2.05) is 0 Å².